The van der Waals surface area contributed by atoms with Gasteiger partial charge in [0.05, 0.1) is 7.11 Å². The summed E-state index contributed by atoms with van der Waals surface area (Å²) in [6.07, 6.45) is 0. The van der Waals surface area contributed by atoms with Gasteiger partial charge in [-0.25, -0.2) is 9.18 Å². The van der Waals surface area contributed by atoms with Crippen molar-refractivity contribution in [3.63, 3.8) is 0 Å². The van der Waals surface area contributed by atoms with Crippen LogP contribution in [0.5, 0.6) is 5.75 Å². The van der Waals surface area contributed by atoms with Crippen LogP contribution in [0.3, 0.4) is 0 Å². The van der Waals surface area contributed by atoms with Crippen LogP contribution >= 0.6 is 0 Å². The maximum atomic E-state index is 13.1. The van der Waals surface area contributed by atoms with Crippen LogP contribution in [0.2, 0.25) is 0 Å². The van der Waals surface area contributed by atoms with E-state index in [4.69, 9.17) is 4.74 Å². The first kappa shape index (κ1) is 9.45. The van der Waals surface area contributed by atoms with Crippen LogP contribution < -0.4 is 10.5 Å². The summed E-state index contributed by atoms with van der Waals surface area (Å²) in [5.74, 6) is -0.824. The Morgan fingerprint density at radius 2 is 2.33 bits per heavy atom. The second-order valence-corrected chi connectivity index (χ2v) is 2.79. The molecule has 2 rings (SSSR count). The second kappa shape index (κ2) is 3.56. The number of nitrogens with one attached hydrogen (secondary N) is 1. The molecular weight excluding hydrogens is 203 g/mol. The topological polar surface area (TPSA) is 68.1 Å². The van der Waals surface area contributed by atoms with Gasteiger partial charge in [0, 0.05) is 5.56 Å². The molecule has 0 spiro atoms. The van der Waals surface area contributed by atoms with Crippen molar-refractivity contribution in [2.75, 3.05) is 7.11 Å². The van der Waals surface area contributed by atoms with E-state index in [0.717, 1.165) is 0 Å². The average Bonchev–Trinajstić information content (AvgIpc) is 2.66. The molecule has 0 bridgehead atoms. The molecule has 1 aromatic heterocycles. The van der Waals surface area contributed by atoms with Crippen molar-refractivity contribution < 1.29 is 13.7 Å². The molecule has 0 atom stereocenters. The number of aromatic nitrogens is 2. The SMILES string of the molecule is COc1cc(-c2noc(=O)[nH]2)ccc1F. The summed E-state index contributed by atoms with van der Waals surface area (Å²) >= 11 is 0. The maximum Gasteiger partial charge on any atom is 0.439 e. The van der Waals surface area contributed by atoms with Crippen LogP contribution in [0, 0.1) is 5.82 Å². The second-order valence-electron chi connectivity index (χ2n) is 2.79. The number of hydrogen-bond donors (Lipinski definition) is 1. The van der Waals surface area contributed by atoms with Crippen molar-refractivity contribution in [2.45, 2.75) is 0 Å². The van der Waals surface area contributed by atoms with Crippen LogP contribution in [0.4, 0.5) is 4.39 Å². The fraction of sp³-hybridized carbons (Fsp3) is 0.111. The molecule has 6 heteroatoms. The molecule has 2 aromatic rings. The normalized spacial score (nSPS) is 10.3. The number of nitrogens with zero attached hydrogens (tertiary/aromatic N) is 1. The zero-order valence-electron chi connectivity index (χ0n) is 7.78. The first-order chi connectivity index (χ1) is 7.20. The van der Waals surface area contributed by atoms with Crippen LogP contribution in [-0.4, -0.2) is 17.3 Å². The summed E-state index contributed by atoms with van der Waals surface area (Å²) in [5, 5.41) is 3.47. The van der Waals surface area contributed by atoms with Gasteiger partial charge in [-0.1, -0.05) is 5.16 Å². The lowest BCUT2D eigenvalue weighted by atomic mass is 10.2. The summed E-state index contributed by atoms with van der Waals surface area (Å²) in [5.41, 5.74) is 0.513. The van der Waals surface area contributed by atoms with E-state index in [-0.39, 0.29) is 11.6 Å². The number of ether oxygens (including phenoxy) is 1. The van der Waals surface area contributed by atoms with Crippen LogP contribution in [0.15, 0.2) is 27.5 Å². The summed E-state index contributed by atoms with van der Waals surface area (Å²) in [7, 11) is 1.35. The molecule has 0 aliphatic rings. The molecule has 0 amide bonds. The van der Waals surface area contributed by atoms with Crippen LogP contribution in [0.1, 0.15) is 0 Å². The maximum absolute atomic E-state index is 13.1. The quantitative estimate of drug-likeness (QED) is 0.808. The Morgan fingerprint density at radius 1 is 1.53 bits per heavy atom. The molecule has 5 nitrogen and oxygen atoms in total. The molecule has 0 radical (unpaired) electrons. The number of benzene rings is 1. The summed E-state index contributed by atoms with van der Waals surface area (Å²) in [6, 6.07) is 4.11. The minimum atomic E-state index is -0.659. The number of aromatic amines is 1. The van der Waals surface area contributed by atoms with E-state index in [9.17, 15) is 9.18 Å². The highest BCUT2D eigenvalue weighted by molar-refractivity contribution is 5.56. The number of hydrogen-bond acceptors (Lipinski definition) is 4. The molecule has 1 aromatic carbocycles. The van der Waals surface area contributed by atoms with Crippen LogP contribution in [0.25, 0.3) is 11.4 Å². The van der Waals surface area contributed by atoms with Gasteiger partial charge >= 0.3 is 5.76 Å². The van der Waals surface area contributed by atoms with E-state index in [0.29, 0.717) is 5.56 Å². The summed E-state index contributed by atoms with van der Waals surface area (Å²) < 4.78 is 22.2. The lowest BCUT2D eigenvalue weighted by Crippen LogP contribution is -1.95. The number of methoxy groups -OCH3 is 1. The molecule has 0 unspecified atom stereocenters. The third-order valence-electron chi connectivity index (χ3n) is 1.86. The van der Waals surface area contributed by atoms with E-state index >= 15 is 0 Å². The van der Waals surface area contributed by atoms with E-state index < -0.39 is 11.6 Å². The highest BCUT2D eigenvalue weighted by Crippen LogP contribution is 2.23. The standard InChI is InChI=1S/C9H7FN2O3/c1-14-7-4-5(2-3-6(7)10)8-11-9(13)15-12-8/h2-4H,1H3,(H,11,12,13). The predicted molar refractivity (Wildman–Crippen MR) is 49.1 cm³/mol. The average molecular weight is 210 g/mol. The van der Waals surface area contributed by atoms with Crippen molar-refractivity contribution in [1.29, 1.82) is 0 Å². The van der Waals surface area contributed by atoms with Crippen LogP contribution in [-0.2, 0) is 0 Å². The van der Waals surface area contributed by atoms with Gasteiger partial charge in [0.1, 0.15) is 0 Å². The Bertz CT molecular complexity index is 532. The minimum Gasteiger partial charge on any atom is -0.494 e. The third-order valence-corrected chi connectivity index (χ3v) is 1.86. The highest BCUT2D eigenvalue weighted by Gasteiger charge is 2.08. The zero-order chi connectivity index (χ0) is 10.8. The minimum absolute atomic E-state index is 0.0800. The molecule has 0 fully saturated rings. The van der Waals surface area contributed by atoms with Crippen molar-refractivity contribution in [3.8, 4) is 17.1 Å². The number of H-pyrrole nitrogens is 1. The largest absolute Gasteiger partial charge is 0.494 e. The Hall–Kier alpha value is -2.11. The van der Waals surface area contributed by atoms with Gasteiger partial charge < -0.3 is 4.74 Å². The third kappa shape index (κ3) is 1.74. The number of halogens is 1. The summed E-state index contributed by atoms with van der Waals surface area (Å²) in [4.78, 5) is 13.0. The molecule has 1 heterocycles. The van der Waals surface area contributed by atoms with Gasteiger partial charge in [-0.3, -0.25) is 9.51 Å². The molecule has 78 valence electrons. The van der Waals surface area contributed by atoms with Gasteiger partial charge in [0.15, 0.2) is 17.4 Å². The fourth-order valence-electron chi connectivity index (χ4n) is 1.16. The Morgan fingerprint density at radius 3 is 2.93 bits per heavy atom. The Balaban J connectivity index is 2.50. The predicted octanol–water partition coefficient (Wildman–Crippen LogP) is 1.18. The first-order valence-electron chi connectivity index (χ1n) is 4.10. The molecule has 0 saturated heterocycles. The van der Waals surface area contributed by atoms with Crippen molar-refractivity contribution in [2.24, 2.45) is 0 Å². The molecule has 15 heavy (non-hydrogen) atoms. The molecule has 1 N–H and O–H groups in total. The lowest BCUT2D eigenvalue weighted by molar-refractivity contribution is 0.385. The smallest absolute Gasteiger partial charge is 0.439 e. The molecule has 0 saturated carbocycles. The Kier molecular flexibility index (Phi) is 2.24. The Labute approximate surface area is 83.5 Å². The van der Waals surface area contributed by atoms with Gasteiger partial charge in [-0.2, -0.15) is 0 Å². The monoisotopic (exact) mass is 210 g/mol. The van der Waals surface area contributed by atoms with Crippen molar-refractivity contribution in [1.82, 2.24) is 10.1 Å². The number of rotatable bonds is 2. The first-order valence-corrected chi connectivity index (χ1v) is 4.10. The van der Waals surface area contributed by atoms with Crippen molar-refractivity contribution in [3.05, 3.63) is 34.6 Å². The zero-order valence-corrected chi connectivity index (χ0v) is 7.78. The summed E-state index contributed by atoms with van der Waals surface area (Å²) in [6.45, 7) is 0. The molecular formula is C9H7FN2O3. The molecule has 0 aliphatic carbocycles. The van der Waals surface area contributed by atoms with E-state index in [2.05, 4.69) is 14.7 Å². The van der Waals surface area contributed by atoms with Gasteiger partial charge in [-0.15, -0.1) is 0 Å². The van der Waals surface area contributed by atoms with Gasteiger partial charge in [-0.05, 0) is 18.2 Å². The fourth-order valence-corrected chi connectivity index (χ4v) is 1.16. The van der Waals surface area contributed by atoms with E-state index in [1.807, 2.05) is 0 Å². The van der Waals surface area contributed by atoms with E-state index in [1.54, 1.807) is 0 Å². The highest BCUT2D eigenvalue weighted by atomic mass is 19.1. The molecule has 0 aliphatic heterocycles. The van der Waals surface area contributed by atoms with Gasteiger partial charge in [0.2, 0.25) is 0 Å². The van der Waals surface area contributed by atoms with Gasteiger partial charge in [0.25, 0.3) is 0 Å². The lowest BCUT2D eigenvalue weighted by Gasteiger charge is -2.02. The van der Waals surface area contributed by atoms with E-state index in [1.165, 1.54) is 25.3 Å². The van der Waals surface area contributed by atoms with Crippen molar-refractivity contribution >= 4 is 0 Å².